The van der Waals surface area contributed by atoms with Crippen molar-refractivity contribution in [2.24, 2.45) is 0 Å². The van der Waals surface area contributed by atoms with E-state index >= 15 is 0 Å². The van der Waals surface area contributed by atoms with Crippen molar-refractivity contribution in [2.75, 3.05) is 33.7 Å². The van der Waals surface area contributed by atoms with Crippen LogP contribution in [0.15, 0.2) is 24.3 Å². The summed E-state index contributed by atoms with van der Waals surface area (Å²) in [5.41, 5.74) is 0.0807. The number of nitrogens with one attached hydrogen (secondary N) is 1. The lowest BCUT2D eigenvalue weighted by molar-refractivity contribution is -0.134. The zero-order chi connectivity index (χ0) is 21.0. The van der Waals surface area contributed by atoms with E-state index in [1.54, 1.807) is 17.0 Å². The average molecular weight is 404 g/mol. The SMILES string of the molecule is CN(C)CCN(Cc1ccc(F)cc1)C(=O)CCN1C(=O)NC2(CCCC2)C1=O. The molecule has 1 saturated heterocycles. The van der Waals surface area contributed by atoms with Gasteiger partial charge in [0.2, 0.25) is 5.91 Å². The molecule has 158 valence electrons. The number of imide groups is 1. The second-order valence-corrected chi connectivity index (χ2v) is 8.17. The van der Waals surface area contributed by atoms with Gasteiger partial charge in [0.15, 0.2) is 0 Å². The Bertz CT molecular complexity index is 760. The van der Waals surface area contributed by atoms with Crippen LogP contribution in [-0.4, -0.2) is 71.8 Å². The Labute approximate surface area is 170 Å². The van der Waals surface area contributed by atoms with Crippen LogP contribution in [0.1, 0.15) is 37.7 Å². The van der Waals surface area contributed by atoms with Crippen molar-refractivity contribution in [2.45, 2.75) is 44.2 Å². The van der Waals surface area contributed by atoms with E-state index in [2.05, 4.69) is 5.32 Å². The molecular formula is C21H29FN4O3. The summed E-state index contributed by atoms with van der Waals surface area (Å²) in [6.45, 7) is 1.62. The summed E-state index contributed by atoms with van der Waals surface area (Å²) in [4.78, 5) is 42.8. The van der Waals surface area contributed by atoms with Crippen LogP contribution in [-0.2, 0) is 16.1 Å². The summed E-state index contributed by atoms with van der Waals surface area (Å²) in [5.74, 6) is -0.658. The Morgan fingerprint density at radius 1 is 1.14 bits per heavy atom. The Kier molecular flexibility index (Phi) is 6.52. The smallest absolute Gasteiger partial charge is 0.325 e. The number of nitrogens with zero attached hydrogens (tertiary/aromatic N) is 3. The van der Waals surface area contributed by atoms with Gasteiger partial charge in [-0.3, -0.25) is 14.5 Å². The second kappa shape index (κ2) is 8.90. The zero-order valence-corrected chi connectivity index (χ0v) is 17.1. The first-order valence-corrected chi connectivity index (χ1v) is 10.1. The van der Waals surface area contributed by atoms with E-state index in [1.807, 2.05) is 19.0 Å². The van der Waals surface area contributed by atoms with E-state index in [0.717, 1.165) is 18.4 Å². The largest absolute Gasteiger partial charge is 0.337 e. The molecule has 0 bridgehead atoms. The highest BCUT2D eigenvalue weighted by Crippen LogP contribution is 2.35. The minimum absolute atomic E-state index is 0.0733. The molecule has 1 heterocycles. The number of hydrogen-bond acceptors (Lipinski definition) is 4. The van der Waals surface area contributed by atoms with Gasteiger partial charge < -0.3 is 15.1 Å². The maximum Gasteiger partial charge on any atom is 0.325 e. The van der Waals surface area contributed by atoms with E-state index in [0.29, 0.717) is 32.5 Å². The molecule has 8 heteroatoms. The maximum atomic E-state index is 13.2. The summed E-state index contributed by atoms with van der Waals surface area (Å²) in [6.07, 6.45) is 3.26. The number of carbonyl (C=O) groups excluding carboxylic acids is 3. The molecule has 0 atom stereocenters. The van der Waals surface area contributed by atoms with Crippen molar-refractivity contribution >= 4 is 17.8 Å². The van der Waals surface area contributed by atoms with Gasteiger partial charge in [-0.25, -0.2) is 9.18 Å². The fraction of sp³-hybridized carbons (Fsp3) is 0.571. The summed E-state index contributed by atoms with van der Waals surface area (Å²) in [6, 6.07) is 5.67. The van der Waals surface area contributed by atoms with Crippen LogP contribution in [0.3, 0.4) is 0 Å². The van der Waals surface area contributed by atoms with Crippen molar-refractivity contribution in [3.05, 3.63) is 35.6 Å². The highest BCUT2D eigenvalue weighted by molar-refractivity contribution is 6.07. The Hall–Kier alpha value is -2.48. The molecular weight excluding hydrogens is 375 g/mol. The first kappa shape index (κ1) is 21.2. The molecule has 1 saturated carbocycles. The Morgan fingerprint density at radius 2 is 1.79 bits per heavy atom. The van der Waals surface area contributed by atoms with Gasteiger partial charge in [-0.15, -0.1) is 0 Å². The van der Waals surface area contributed by atoms with Gasteiger partial charge in [0.05, 0.1) is 0 Å². The minimum atomic E-state index is -0.751. The number of hydrogen-bond donors (Lipinski definition) is 1. The lowest BCUT2D eigenvalue weighted by Gasteiger charge is -2.25. The van der Waals surface area contributed by atoms with Crippen molar-refractivity contribution in [3.8, 4) is 0 Å². The molecule has 1 aromatic rings. The normalized spacial score (nSPS) is 18.0. The standard InChI is InChI=1S/C21H29FN4O3/c1-24(2)13-14-25(15-16-5-7-17(22)8-6-16)18(27)9-12-26-19(28)21(23-20(26)29)10-3-4-11-21/h5-8H,3-4,9-15H2,1-2H3,(H,23,29). The quantitative estimate of drug-likeness (QED) is 0.673. The molecule has 7 nitrogen and oxygen atoms in total. The Balaban J connectivity index is 1.62. The third-order valence-electron chi connectivity index (χ3n) is 5.71. The predicted molar refractivity (Wildman–Crippen MR) is 106 cm³/mol. The van der Waals surface area contributed by atoms with Crippen molar-refractivity contribution < 1.29 is 18.8 Å². The number of amides is 4. The third-order valence-corrected chi connectivity index (χ3v) is 5.71. The van der Waals surface area contributed by atoms with Crippen molar-refractivity contribution in [3.63, 3.8) is 0 Å². The van der Waals surface area contributed by atoms with Crippen LogP contribution in [0, 0.1) is 5.82 Å². The third kappa shape index (κ3) is 4.93. The first-order valence-electron chi connectivity index (χ1n) is 10.1. The summed E-state index contributed by atoms with van der Waals surface area (Å²) < 4.78 is 13.2. The first-order chi connectivity index (χ1) is 13.8. The van der Waals surface area contributed by atoms with Crippen LogP contribution in [0.25, 0.3) is 0 Å². The van der Waals surface area contributed by atoms with Gasteiger partial charge in [0.1, 0.15) is 11.4 Å². The average Bonchev–Trinajstić information content (AvgIpc) is 3.24. The van der Waals surface area contributed by atoms with Crippen molar-refractivity contribution in [1.29, 1.82) is 0 Å². The molecule has 0 unspecified atom stereocenters. The highest BCUT2D eigenvalue weighted by Gasteiger charge is 2.52. The fourth-order valence-corrected chi connectivity index (χ4v) is 3.99. The van der Waals surface area contributed by atoms with E-state index in [9.17, 15) is 18.8 Å². The fourth-order valence-electron chi connectivity index (χ4n) is 3.99. The number of halogens is 1. The lowest BCUT2D eigenvalue weighted by Crippen LogP contribution is -2.44. The van der Waals surface area contributed by atoms with Gasteiger partial charge in [0.25, 0.3) is 5.91 Å². The molecule has 3 rings (SSSR count). The van der Waals surface area contributed by atoms with Gasteiger partial charge >= 0.3 is 6.03 Å². The summed E-state index contributed by atoms with van der Waals surface area (Å²) in [7, 11) is 3.85. The van der Waals surface area contributed by atoms with Gasteiger partial charge in [-0.1, -0.05) is 25.0 Å². The van der Waals surface area contributed by atoms with Gasteiger partial charge in [-0.05, 0) is 44.6 Å². The molecule has 1 spiro atoms. The highest BCUT2D eigenvalue weighted by atomic mass is 19.1. The number of rotatable bonds is 8. The zero-order valence-electron chi connectivity index (χ0n) is 17.1. The molecule has 1 aliphatic carbocycles. The van der Waals surface area contributed by atoms with Crippen molar-refractivity contribution in [1.82, 2.24) is 20.0 Å². The van der Waals surface area contributed by atoms with Gasteiger partial charge in [-0.2, -0.15) is 0 Å². The molecule has 1 N–H and O–H groups in total. The molecule has 4 amide bonds. The van der Waals surface area contributed by atoms with Gasteiger partial charge in [0, 0.05) is 32.6 Å². The number of urea groups is 1. The molecule has 0 aromatic heterocycles. The number of benzene rings is 1. The molecule has 1 aliphatic heterocycles. The molecule has 2 fully saturated rings. The van der Waals surface area contributed by atoms with E-state index in [1.165, 1.54) is 17.0 Å². The summed E-state index contributed by atoms with van der Waals surface area (Å²) >= 11 is 0. The van der Waals surface area contributed by atoms with E-state index in [4.69, 9.17) is 0 Å². The van der Waals surface area contributed by atoms with Crippen LogP contribution < -0.4 is 5.32 Å². The topological polar surface area (TPSA) is 73.0 Å². The predicted octanol–water partition coefficient (Wildman–Crippen LogP) is 1.97. The molecule has 29 heavy (non-hydrogen) atoms. The van der Waals surface area contributed by atoms with E-state index < -0.39 is 11.6 Å². The van der Waals surface area contributed by atoms with Crippen LogP contribution in [0.4, 0.5) is 9.18 Å². The molecule has 0 radical (unpaired) electrons. The Morgan fingerprint density at radius 3 is 2.41 bits per heavy atom. The molecule has 1 aromatic carbocycles. The van der Waals surface area contributed by atoms with Crippen LogP contribution >= 0.6 is 0 Å². The van der Waals surface area contributed by atoms with Crippen LogP contribution in [0.2, 0.25) is 0 Å². The lowest BCUT2D eigenvalue weighted by atomic mass is 9.98. The van der Waals surface area contributed by atoms with Crippen LogP contribution in [0.5, 0.6) is 0 Å². The van der Waals surface area contributed by atoms with E-state index in [-0.39, 0.29) is 30.6 Å². The molecule has 2 aliphatic rings. The summed E-state index contributed by atoms with van der Waals surface area (Å²) in [5, 5.41) is 2.84. The number of carbonyl (C=O) groups is 3. The number of likely N-dealkylation sites (N-methyl/N-ethyl adjacent to an activating group) is 1. The monoisotopic (exact) mass is 404 g/mol. The maximum absolute atomic E-state index is 13.2. The minimum Gasteiger partial charge on any atom is -0.337 e. The second-order valence-electron chi connectivity index (χ2n) is 8.17.